The molecular weight excluding hydrogens is 496 g/mol. The van der Waals surface area contributed by atoms with Crippen molar-refractivity contribution in [2.45, 2.75) is 26.3 Å². The van der Waals surface area contributed by atoms with Crippen molar-refractivity contribution in [2.75, 3.05) is 11.5 Å². The first-order valence-electron chi connectivity index (χ1n) is 11.5. The number of benzene rings is 3. The second kappa shape index (κ2) is 9.76. The molecule has 4 aromatic rings. The summed E-state index contributed by atoms with van der Waals surface area (Å²) in [5.41, 5.74) is 2.86. The number of halogens is 1. The number of aromatic nitrogens is 1. The summed E-state index contributed by atoms with van der Waals surface area (Å²) in [4.78, 5) is 32.8. The van der Waals surface area contributed by atoms with Gasteiger partial charge in [0.25, 0.3) is 5.78 Å². The van der Waals surface area contributed by atoms with Crippen molar-refractivity contribution in [1.82, 2.24) is 4.98 Å². The topological polar surface area (TPSA) is 79.7 Å². The predicted octanol–water partition coefficient (Wildman–Crippen LogP) is 6.67. The largest absolute Gasteiger partial charge is 0.507 e. The zero-order valence-electron chi connectivity index (χ0n) is 19.7. The monoisotopic (exact) mass is 518 g/mol. The summed E-state index contributed by atoms with van der Waals surface area (Å²) in [7, 11) is 0. The van der Waals surface area contributed by atoms with Crippen LogP contribution in [0.3, 0.4) is 0 Å². The molecule has 0 saturated carbocycles. The minimum Gasteiger partial charge on any atom is -0.507 e. The first-order chi connectivity index (χ1) is 17.4. The van der Waals surface area contributed by atoms with Gasteiger partial charge >= 0.3 is 5.91 Å². The lowest BCUT2D eigenvalue weighted by molar-refractivity contribution is -0.132. The van der Waals surface area contributed by atoms with Gasteiger partial charge in [-0.25, -0.2) is 4.98 Å². The Morgan fingerprint density at radius 1 is 1.08 bits per heavy atom. The summed E-state index contributed by atoms with van der Waals surface area (Å²) >= 11 is 7.34. The number of rotatable bonds is 6. The van der Waals surface area contributed by atoms with Crippen LogP contribution >= 0.6 is 22.9 Å². The molecule has 1 aliphatic heterocycles. The Morgan fingerprint density at radius 3 is 2.50 bits per heavy atom. The number of ether oxygens (including phenoxy) is 1. The molecule has 3 aromatic carbocycles. The smallest absolute Gasteiger partial charge is 0.301 e. The minimum atomic E-state index is -0.859. The number of thiazole rings is 1. The van der Waals surface area contributed by atoms with E-state index >= 15 is 0 Å². The van der Waals surface area contributed by atoms with Crippen molar-refractivity contribution in [1.29, 1.82) is 0 Å². The molecule has 36 heavy (non-hydrogen) atoms. The molecule has 1 fully saturated rings. The number of hydrogen-bond donors (Lipinski definition) is 1. The van der Waals surface area contributed by atoms with Crippen LogP contribution in [0, 0.1) is 6.92 Å². The van der Waals surface area contributed by atoms with E-state index in [4.69, 9.17) is 16.3 Å². The average Bonchev–Trinajstić information content (AvgIpc) is 3.40. The Kier molecular flexibility index (Phi) is 6.51. The van der Waals surface area contributed by atoms with Crippen LogP contribution in [0.25, 0.3) is 16.0 Å². The SMILES string of the molecule is CCCOc1ccc(C2C(=C(O)c3ccc(Cl)cc3)C(=O)C(=O)N2c2nc3ccc(C)cc3s2)cc1. The molecule has 0 spiro atoms. The molecule has 8 heteroatoms. The molecule has 0 radical (unpaired) electrons. The Labute approximate surface area is 217 Å². The van der Waals surface area contributed by atoms with Crippen molar-refractivity contribution in [3.05, 3.63) is 94.0 Å². The molecule has 1 aromatic heterocycles. The van der Waals surface area contributed by atoms with E-state index in [9.17, 15) is 14.7 Å². The number of hydrogen-bond acceptors (Lipinski definition) is 6. The van der Waals surface area contributed by atoms with Gasteiger partial charge in [-0.05, 0) is 73.0 Å². The third-order valence-corrected chi connectivity index (χ3v) is 7.24. The number of Topliss-reactive ketones (excluding diaryl/α,β-unsaturated/α-hetero) is 1. The van der Waals surface area contributed by atoms with Gasteiger partial charge in [0.15, 0.2) is 5.13 Å². The van der Waals surface area contributed by atoms with Gasteiger partial charge in [-0.3, -0.25) is 14.5 Å². The maximum absolute atomic E-state index is 13.4. The normalized spacial score (nSPS) is 17.2. The number of nitrogens with zero attached hydrogens (tertiary/aromatic N) is 2. The van der Waals surface area contributed by atoms with Gasteiger partial charge in [-0.1, -0.05) is 48.1 Å². The molecule has 1 N–H and O–H groups in total. The lowest BCUT2D eigenvalue weighted by atomic mass is 9.95. The number of anilines is 1. The molecule has 182 valence electrons. The molecule has 0 bridgehead atoms. The first kappa shape index (κ1) is 24.0. The molecule has 5 rings (SSSR count). The van der Waals surface area contributed by atoms with Gasteiger partial charge < -0.3 is 9.84 Å². The highest BCUT2D eigenvalue weighted by atomic mass is 35.5. The van der Waals surface area contributed by atoms with E-state index in [0.717, 1.165) is 22.2 Å². The van der Waals surface area contributed by atoms with E-state index in [-0.39, 0.29) is 11.3 Å². The number of carbonyl (C=O) groups excluding carboxylic acids is 2. The Morgan fingerprint density at radius 2 is 1.81 bits per heavy atom. The third kappa shape index (κ3) is 4.36. The Hall–Kier alpha value is -3.68. The molecule has 0 aliphatic carbocycles. The second-order valence-electron chi connectivity index (χ2n) is 8.56. The number of ketones is 1. The molecular formula is C28H23ClN2O4S. The van der Waals surface area contributed by atoms with Crippen LogP contribution in [0.4, 0.5) is 5.13 Å². The summed E-state index contributed by atoms with van der Waals surface area (Å²) in [6.45, 7) is 4.59. The maximum atomic E-state index is 13.4. The molecule has 1 unspecified atom stereocenters. The van der Waals surface area contributed by atoms with Crippen molar-refractivity contribution in [3.63, 3.8) is 0 Å². The summed E-state index contributed by atoms with van der Waals surface area (Å²) in [5.74, 6) is -1.08. The Balaban J connectivity index is 1.67. The highest BCUT2D eigenvalue weighted by Crippen LogP contribution is 2.44. The van der Waals surface area contributed by atoms with E-state index in [0.29, 0.717) is 33.6 Å². The van der Waals surface area contributed by atoms with E-state index in [1.807, 2.05) is 32.0 Å². The fourth-order valence-electron chi connectivity index (χ4n) is 4.20. The van der Waals surface area contributed by atoms with Crippen LogP contribution in [-0.2, 0) is 9.59 Å². The average molecular weight is 519 g/mol. The number of aliphatic hydroxyl groups is 1. The van der Waals surface area contributed by atoms with E-state index < -0.39 is 17.7 Å². The van der Waals surface area contributed by atoms with Crippen LogP contribution in [-0.4, -0.2) is 28.4 Å². The fourth-order valence-corrected chi connectivity index (χ4v) is 5.41. The van der Waals surface area contributed by atoms with Gasteiger partial charge in [0.05, 0.1) is 28.4 Å². The van der Waals surface area contributed by atoms with Gasteiger partial charge in [0, 0.05) is 10.6 Å². The first-order valence-corrected chi connectivity index (χ1v) is 12.7. The van der Waals surface area contributed by atoms with Gasteiger partial charge in [-0.15, -0.1) is 0 Å². The van der Waals surface area contributed by atoms with E-state index in [1.165, 1.54) is 16.2 Å². The quantitative estimate of drug-likeness (QED) is 0.175. The summed E-state index contributed by atoms with van der Waals surface area (Å²) in [6, 6.07) is 18.7. The fraction of sp³-hybridized carbons (Fsp3) is 0.179. The Bertz CT molecular complexity index is 1490. The lowest BCUT2D eigenvalue weighted by Gasteiger charge is -2.23. The van der Waals surface area contributed by atoms with Gasteiger partial charge in [0.2, 0.25) is 0 Å². The zero-order chi connectivity index (χ0) is 25.4. The lowest BCUT2D eigenvalue weighted by Crippen LogP contribution is -2.29. The molecule has 6 nitrogen and oxygen atoms in total. The number of aryl methyl sites for hydroxylation is 1. The minimum absolute atomic E-state index is 0.0000133. The van der Waals surface area contributed by atoms with Crippen molar-refractivity contribution < 1.29 is 19.4 Å². The summed E-state index contributed by atoms with van der Waals surface area (Å²) in [5, 5.41) is 12.1. The van der Waals surface area contributed by atoms with Crippen molar-refractivity contribution >= 4 is 55.7 Å². The highest BCUT2D eigenvalue weighted by molar-refractivity contribution is 7.22. The molecule has 2 heterocycles. The number of aliphatic hydroxyl groups excluding tert-OH is 1. The molecule has 1 atom stereocenters. The van der Waals surface area contributed by atoms with Crippen LogP contribution in [0.15, 0.2) is 72.3 Å². The van der Waals surface area contributed by atoms with Crippen LogP contribution < -0.4 is 9.64 Å². The van der Waals surface area contributed by atoms with Gasteiger partial charge in [0.1, 0.15) is 11.5 Å². The summed E-state index contributed by atoms with van der Waals surface area (Å²) in [6.07, 6.45) is 0.875. The van der Waals surface area contributed by atoms with Crippen molar-refractivity contribution in [2.24, 2.45) is 0 Å². The van der Waals surface area contributed by atoms with Crippen LogP contribution in [0.2, 0.25) is 5.02 Å². The standard InChI is InChI=1S/C28H23ClN2O4S/c1-3-14-35-20-11-7-17(8-12-20)24-23(25(32)18-5-9-19(29)10-6-18)26(33)27(34)31(24)28-30-21-13-4-16(2)15-22(21)36-28/h4-13,15,24,32H,3,14H2,1-2H3. The number of amides is 1. The predicted molar refractivity (Wildman–Crippen MR) is 143 cm³/mol. The maximum Gasteiger partial charge on any atom is 0.301 e. The van der Waals surface area contributed by atoms with E-state index in [1.54, 1.807) is 48.5 Å². The number of fused-ring (bicyclic) bond motifs is 1. The van der Waals surface area contributed by atoms with Crippen molar-refractivity contribution in [3.8, 4) is 5.75 Å². The highest BCUT2D eigenvalue weighted by Gasteiger charge is 2.48. The zero-order valence-corrected chi connectivity index (χ0v) is 21.3. The van der Waals surface area contributed by atoms with Gasteiger partial charge in [-0.2, -0.15) is 0 Å². The van der Waals surface area contributed by atoms with Crippen LogP contribution in [0.1, 0.15) is 36.1 Å². The summed E-state index contributed by atoms with van der Waals surface area (Å²) < 4.78 is 6.61. The second-order valence-corrected chi connectivity index (χ2v) is 10.0. The molecule has 1 saturated heterocycles. The van der Waals surface area contributed by atoms with Crippen LogP contribution in [0.5, 0.6) is 5.75 Å². The third-order valence-electron chi connectivity index (χ3n) is 5.97. The van der Waals surface area contributed by atoms with E-state index in [2.05, 4.69) is 4.98 Å². The number of carbonyl (C=O) groups is 2. The molecule has 1 aliphatic rings. The molecule has 1 amide bonds.